The van der Waals surface area contributed by atoms with Crippen molar-refractivity contribution >= 4 is 0 Å². The number of hydrogen-bond acceptors (Lipinski definition) is 2. The van der Waals surface area contributed by atoms with Gasteiger partial charge in [-0.1, -0.05) is 33.6 Å². The largest absolute Gasteiger partial charge is 0.315 e. The Morgan fingerprint density at radius 2 is 1.50 bits per heavy atom. The maximum atomic E-state index is 3.46. The van der Waals surface area contributed by atoms with Crippen molar-refractivity contribution in [3.8, 4) is 0 Å². The molecule has 0 unspecified atom stereocenters. The minimum absolute atomic E-state index is 0.862. The van der Waals surface area contributed by atoms with Gasteiger partial charge in [0.2, 0.25) is 0 Å². The van der Waals surface area contributed by atoms with Crippen LogP contribution in [0.15, 0.2) is 0 Å². The minimum atomic E-state index is 0.862. The van der Waals surface area contributed by atoms with Crippen molar-refractivity contribution in [1.82, 2.24) is 10.6 Å². The van der Waals surface area contributed by atoms with Gasteiger partial charge in [-0.2, -0.15) is 0 Å². The second-order valence-electron chi connectivity index (χ2n) is 4.39. The topological polar surface area (TPSA) is 24.1 Å². The molecule has 0 saturated carbocycles. The zero-order valence-electron chi connectivity index (χ0n) is 10.2. The maximum Gasteiger partial charge on any atom is 0.00767 e. The first kappa shape index (κ1) is 13.9. The van der Waals surface area contributed by atoms with Crippen LogP contribution in [-0.4, -0.2) is 26.2 Å². The van der Waals surface area contributed by atoms with Gasteiger partial charge in [-0.3, -0.25) is 0 Å². The van der Waals surface area contributed by atoms with E-state index in [0.717, 1.165) is 25.6 Å². The smallest absolute Gasteiger partial charge is 0.00767 e. The summed E-state index contributed by atoms with van der Waals surface area (Å²) in [5, 5.41) is 6.84. The first-order valence-corrected chi connectivity index (χ1v) is 6.18. The number of rotatable bonds is 10. The third kappa shape index (κ3) is 11.9. The molecule has 0 saturated heterocycles. The van der Waals surface area contributed by atoms with Crippen LogP contribution in [0.3, 0.4) is 0 Å². The van der Waals surface area contributed by atoms with Gasteiger partial charge in [0.15, 0.2) is 0 Å². The number of unbranched alkanes of at least 4 members (excludes halogenated alkanes) is 1. The summed E-state index contributed by atoms with van der Waals surface area (Å²) in [6.45, 7) is 11.3. The fourth-order valence-corrected chi connectivity index (χ4v) is 1.41. The molecule has 0 rings (SSSR count). The first-order chi connectivity index (χ1) is 6.77. The van der Waals surface area contributed by atoms with Gasteiger partial charge in [-0.05, 0) is 31.8 Å². The Morgan fingerprint density at radius 3 is 2.07 bits per heavy atom. The predicted molar refractivity (Wildman–Crippen MR) is 64.7 cm³/mol. The fourth-order valence-electron chi connectivity index (χ4n) is 1.41. The summed E-state index contributed by atoms with van der Waals surface area (Å²) >= 11 is 0. The van der Waals surface area contributed by atoms with Gasteiger partial charge in [0.05, 0.1) is 0 Å². The molecule has 0 aliphatic carbocycles. The third-order valence-corrected chi connectivity index (χ3v) is 2.29. The molecule has 0 amide bonds. The molecular formula is C12H28N2. The molecule has 2 N–H and O–H groups in total. The van der Waals surface area contributed by atoms with Crippen molar-refractivity contribution < 1.29 is 0 Å². The molecule has 0 aromatic heterocycles. The average molecular weight is 200 g/mol. The Labute approximate surface area is 89.9 Å². The highest BCUT2D eigenvalue weighted by Crippen LogP contribution is 2.04. The summed E-state index contributed by atoms with van der Waals surface area (Å²) in [4.78, 5) is 0. The number of hydrogen-bond donors (Lipinski definition) is 2. The lowest BCUT2D eigenvalue weighted by Crippen LogP contribution is -2.28. The lowest BCUT2D eigenvalue weighted by atomic mass is 10.1. The molecule has 0 bridgehead atoms. The molecule has 0 fully saturated rings. The Hall–Kier alpha value is -0.0800. The van der Waals surface area contributed by atoms with Crippen LogP contribution >= 0.6 is 0 Å². The van der Waals surface area contributed by atoms with E-state index in [1.54, 1.807) is 0 Å². The molecule has 0 aliphatic heterocycles. The van der Waals surface area contributed by atoms with Crippen LogP contribution in [0.1, 0.15) is 46.5 Å². The molecule has 86 valence electrons. The zero-order chi connectivity index (χ0) is 10.6. The minimum Gasteiger partial charge on any atom is -0.315 e. The van der Waals surface area contributed by atoms with Gasteiger partial charge in [0, 0.05) is 13.1 Å². The van der Waals surface area contributed by atoms with E-state index in [9.17, 15) is 0 Å². The highest BCUT2D eigenvalue weighted by Gasteiger charge is 1.93. The van der Waals surface area contributed by atoms with E-state index in [0.29, 0.717) is 0 Å². The van der Waals surface area contributed by atoms with E-state index < -0.39 is 0 Å². The van der Waals surface area contributed by atoms with Crippen LogP contribution < -0.4 is 10.6 Å². The quantitative estimate of drug-likeness (QED) is 0.529. The summed E-state index contributed by atoms with van der Waals surface area (Å²) < 4.78 is 0. The van der Waals surface area contributed by atoms with Crippen molar-refractivity contribution in [2.24, 2.45) is 5.92 Å². The molecule has 0 atom stereocenters. The molecule has 14 heavy (non-hydrogen) atoms. The van der Waals surface area contributed by atoms with Gasteiger partial charge < -0.3 is 10.6 Å². The molecular weight excluding hydrogens is 172 g/mol. The van der Waals surface area contributed by atoms with Crippen LogP contribution in [0, 0.1) is 5.92 Å². The van der Waals surface area contributed by atoms with Crippen LogP contribution in [0.25, 0.3) is 0 Å². The predicted octanol–water partition coefficient (Wildman–Crippen LogP) is 2.40. The zero-order valence-corrected chi connectivity index (χ0v) is 10.2. The number of nitrogens with one attached hydrogen (secondary N) is 2. The second-order valence-corrected chi connectivity index (χ2v) is 4.39. The van der Waals surface area contributed by atoms with E-state index >= 15 is 0 Å². The van der Waals surface area contributed by atoms with E-state index in [1.165, 1.54) is 32.2 Å². The molecule has 2 heteroatoms. The highest BCUT2D eigenvalue weighted by atomic mass is 14.9. The fraction of sp³-hybridized carbons (Fsp3) is 1.00. The standard InChI is InChI=1S/C12H28N2/c1-4-8-13-10-11-14-9-6-5-7-12(2)3/h12-14H,4-11H2,1-3H3. The molecule has 2 nitrogen and oxygen atoms in total. The second kappa shape index (κ2) is 11.0. The normalized spacial score (nSPS) is 11.1. The molecule has 0 spiro atoms. The van der Waals surface area contributed by atoms with Crippen LogP contribution in [-0.2, 0) is 0 Å². The van der Waals surface area contributed by atoms with Crippen molar-refractivity contribution in [3.63, 3.8) is 0 Å². The summed E-state index contributed by atoms with van der Waals surface area (Å²) in [5.74, 6) is 0.862. The van der Waals surface area contributed by atoms with Gasteiger partial charge >= 0.3 is 0 Å². The average Bonchev–Trinajstić information content (AvgIpc) is 2.15. The molecule has 0 aliphatic rings. The van der Waals surface area contributed by atoms with E-state index in [4.69, 9.17) is 0 Å². The van der Waals surface area contributed by atoms with E-state index in [-0.39, 0.29) is 0 Å². The van der Waals surface area contributed by atoms with Gasteiger partial charge in [0.1, 0.15) is 0 Å². The molecule has 0 radical (unpaired) electrons. The summed E-state index contributed by atoms with van der Waals surface area (Å²) in [6, 6.07) is 0. The Balaban J connectivity index is 2.85. The van der Waals surface area contributed by atoms with Crippen molar-refractivity contribution in [2.75, 3.05) is 26.2 Å². The van der Waals surface area contributed by atoms with Gasteiger partial charge in [-0.25, -0.2) is 0 Å². The Kier molecular flexibility index (Phi) is 10.9. The van der Waals surface area contributed by atoms with Gasteiger partial charge in [-0.15, -0.1) is 0 Å². The third-order valence-electron chi connectivity index (χ3n) is 2.29. The highest BCUT2D eigenvalue weighted by molar-refractivity contribution is 4.53. The Morgan fingerprint density at radius 1 is 0.857 bits per heavy atom. The maximum absolute atomic E-state index is 3.46. The van der Waals surface area contributed by atoms with E-state index in [2.05, 4.69) is 31.4 Å². The summed E-state index contributed by atoms with van der Waals surface area (Å²) in [6.07, 6.45) is 5.29. The summed E-state index contributed by atoms with van der Waals surface area (Å²) in [7, 11) is 0. The lowest BCUT2D eigenvalue weighted by molar-refractivity contribution is 0.516. The molecule has 0 heterocycles. The van der Waals surface area contributed by atoms with Crippen LogP contribution in [0.5, 0.6) is 0 Å². The first-order valence-electron chi connectivity index (χ1n) is 6.18. The van der Waals surface area contributed by atoms with Crippen LogP contribution in [0.4, 0.5) is 0 Å². The Bertz CT molecular complexity index is 102. The molecule has 0 aromatic carbocycles. The van der Waals surface area contributed by atoms with E-state index in [1.807, 2.05) is 0 Å². The lowest BCUT2D eigenvalue weighted by Gasteiger charge is -2.06. The van der Waals surface area contributed by atoms with Gasteiger partial charge in [0.25, 0.3) is 0 Å². The van der Waals surface area contributed by atoms with Crippen molar-refractivity contribution in [1.29, 1.82) is 0 Å². The SMILES string of the molecule is CCCNCCNCCCCC(C)C. The van der Waals surface area contributed by atoms with Crippen molar-refractivity contribution in [2.45, 2.75) is 46.5 Å². The van der Waals surface area contributed by atoms with Crippen LogP contribution in [0.2, 0.25) is 0 Å². The monoisotopic (exact) mass is 200 g/mol. The van der Waals surface area contributed by atoms with Crippen molar-refractivity contribution in [3.05, 3.63) is 0 Å². The summed E-state index contributed by atoms with van der Waals surface area (Å²) in [5.41, 5.74) is 0. The molecule has 0 aromatic rings.